The molecule has 0 atom stereocenters. The van der Waals surface area contributed by atoms with E-state index in [9.17, 15) is 17.6 Å². The molecule has 2 aromatic rings. The topological polar surface area (TPSA) is 37.8 Å². The minimum absolute atomic E-state index is 0.132. The summed E-state index contributed by atoms with van der Waals surface area (Å²) in [6.45, 7) is 2.40. The summed E-state index contributed by atoms with van der Waals surface area (Å²) in [7, 11) is 0. The standard InChI is InChI=1S/C11H9F4N3S/c1-2-16-10-17-9(18-19-10)7-5-6(12)3-4-8(7)11(13,14)15/h3-5H,2H2,1H3,(H,16,17,18). The molecule has 8 heteroatoms. The highest BCUT2D eigenvalue weighted by molar-refractivity contribution is 7.09. The number of benzene rings is 1. The lowest BCUT2D eigenvalue weighted by molar-refractivity contribution is -0.137. The van der Waals surface area contributed by atoms with Gasteiger partial charge < -0.3 is 5.32 Å². The van der Waals surface area contributed by atoms with Crippen molar-refractivity contribution >= 4 is 16.7 Å². The van der Waals surface area contributed by atoms with Crippen molar-refractivity contribution in [1.29, 1.82) is 0 Å². The summed E-state index contributed by atoms with van der Waals surface area (Å²) in [6.07, 6.45) is -4.58. The average Bonchev–Trinajstić information content (AvgIpc) is 2.76. The first kappa shape index (κ1) is 13.7. The Morgan fingerprint density at radius 1 is 1.32 bits per heavy atom. The van der Waals surface area contributed by atoms with Crippen LogP contribution < -0.4 is 5.32 Å². The summed E-state index contributed by atoms with van der Waals surface area (Å²) in [5.74, 6) is -0.893. The Balaban J connectivity index is 2.50. The van der Waals surface area contributed by atoms with Crippen molar-refractivity contribution < 1.29 is 17.6 Å². The molecule has 3 nitrogen and oxygen atoms in total. The van der Waals surface area contributed by atoms with Gasteiger partial charge in [-0.2, -0.15) is 22.5 Å². The van der Waals surface area contributed by atoms with Gasteiger partial charge in [0, 0.05) is 23.6 Å². The third-order valence-corrected chi connectivity index (χ3v) is 2.95. The first-order chi connectivity index (χ1) is 8.91. The molecule has 0 fully saturated rings. The first-order valence-electron chi connectivity index (χ1n) is 5.36. The van der Waals surface area contributed by atoms with Crippen LogP contribution >= 0.6 is 11.5 Å². The predicted molar refractivity (Wildman–Crippen MR) is 64.5 cm³/mol. The van der Waals surface area contributed by atoms with Crippen molar-refractivity contribution in [3.8, 4) is 11.4 Å². The fraction of sp³-hybridized carbons (Fsp3) is 0.273. The maximum atomic E-state index is 13.1. The molecule has 0 aliphatic carbocycles. The van der Waals surface area contributed by atoms with E-state index in [2.05, 4.69) is 14.7 Å². The van der Waals surface area contributed by atoms with E-state index in [0.29, 0.717) is 17.7 Å². The summed E-state index contributed by atoms with van der Waals surface area (Å²) in [5, 5.41) is 3.24. The van der Waals surface area contributed by atoms with Crippen molar-refractivity contribution in [2.24, 2.45) is 0 Å². The van der Waals surface area contributed by atoms with Gasteiger partial charge in [0.15, 0.2) is 5.82 Å². The monoisotopic (exact) mass is 291 g/mol. The molecule has 1 heterocycles. The van der Waals surface area contributed by atoms with E-state index in [1.165, 1.54) is 0 Å². The smallest absolute Gasteiger partial charge is 0.361 e. The largest absolute Gasteiger partial charge is 0.417 e. The van der Waals surface area contributed by atoms with Crippen LogP contribution in [0.2, 0.25) is 0 Å². The summed E-state index contributed by atoms with van der Waals surface area (Å²) >= 11 is 0.932. The Hall–Kier alpha value is -1.70. The van der Waals surface area contributed by atoms with Crippen LogP contribution in [0, 0.1) is 5.82 Å². The summed E-state index contributed by atoms with van der Waals surface area (Å²) in [4.78, 5) is 3.92. The normalized spacial score (nSPS) is 11.6. The quantitative estimate of drug-likeness (QED) is 0.874. The summed E-state index contributed by atoms with van der Waals surface area (Å²) in [6, 6.07) is 2.25. The maximum absolute atomic E-state index is 13.1. The zero-order chi connectivity index (χ0) is 14.0. The highest BCUT2D eigenvalue weighted by Crippen LogP contribution is 2.37. The number of hydrogen-bond donors (Lipinski definition) is 1. The molecule has 0 radical (unpaired) electrons. The molecule has 0 unspecified atom stereocenters. The molecular formula is C11H9F4N3S. The maximum Gasteiger partial charge on any atom is 0.417 e. The van der Waals surface area contributed by atoms with Crippen LogP contribution in [-0.4, -0.2) is 15.9 Å². The Morgan fingerprint density at radius 2 is 2.05 bits per heavy atom. The fourth-order valence-electron chi connectivity index (χ4n) is 1.50. The molecule has 102 valence electrons. The highest BCUT2D eigenvalue weighted by Gasteiger charge is 2.34. The van der Waals surface area contributed by atoms with Crippen molar-refractivity contribution in [2.45, 2.75) is 13.1 Å². The van der Waals surface area contributed by atoms with E-state index < -0.39 is 17.6 Å². The van der Waals surface area contributed by atoms with Crippen molar-refractivity contribution in [2.75, 3.05) is 11.9 Å². The molecule has 0 saturated carbocycles. The van der Waals surface area contributed by atoms with Gasteiger partial charge in [0.05, 0.1) is 5.56 Å². The Kier molecular flexibility index (Phi) is 3.70. The summed E-state index contributed by atoms with van der Waals surface area (Å²) in [5.41, 5.74) is -1.30. The van der Waals surface area contributed by atoms with Crippen LogP contribution in [0.3, 0.4) is 0 Å². The molecule has 0 aliphatic heterocycles. The van der Waals surface area contributed by atoms with Gasteiger partial charge in [-0.3, -0.25) is 0 Å². The molecule has 1 N–H and O–H groups in total. The van der Waals surface area contributed by atoms with Gasteiger partial charge in [0.2, 0.25) is 5.13 Å². The second kappa shape index (κ2) is 5.12. The minimum atomic E-state index is -4.58. The second-order valence-electron chi connectivity index (χ2n) is 3.64. The van der Waals surface area contributed by atoms with Crippen LogP contribution in [0.15, 0.2) is 18.2 Å². The lowest BCUT2D eigenvalue weighted by Gasteiger charge is -2.10. The van der Waals surface area contributed by atoms with Gasteiger partial charge in [-0.15, -0.1) is 0 Å². The number of halogens is 4. The molecular weight excluding hydrogens is 282 g/mol. The number of rotatable bonds is 3. The second-order valence-corrected chi connectivity index (χ2v) is 4.39. The first-order valence-corrected chi connectivity index (χ1v) is 6.14. The highest BCUT2D eigenvalue weighted by atomic mass is 32.1. The molecule has 0 aliphatic rings. The third-order valence-electron chi connectivity index (χ3n) is 2.28. The van der Waals surface area contributed by atoms with E-state index in [1.807, 2.05) is 6.92 Å². The van der Waals surface area contributed by atoms with E-state index >= 15 is 0 Å². The van der Waals surface area contributed by atoms with Crippen molar-refractivity contribution in [3.05, 3.63) is 29.6 Å². The molecule has 1 aromatic heterocycles. The number of hydrogen-bond acceptors (Lipinski definition) is 4. The minimum Gasteiger partial charge on any atom is -0.361 e. The van der Waals surface area contributed by atoms with E-state index in [0.717, 1.165) is 23.7 Å². The zero-order valence-corrected chi connectivity index (χ0v) is 10.6. The SMILES string of the molecule is CCNc1nc(-c2cc(F)ccc2C(F)(F)F)ns1. The third kappa shape index (κ3) is 3.01. The number of aromatic nitrogens is 2. The van der Waals surface area contributed by atoms with E-state index in [-0.39, 0.29) is 11.4 Å². The van der Waals surface area contributed by atoms with E-state index in [4.69, 9.17) is 0 Å². The Labute approximate surface area is 110 Å². The van der Waals surface area contributed by atoms with Gasteiger partial charge in [-0.05, 0) is 25.1 Å². The van der Waals surface area contributed by atoms with Crippen LogP contribution in [0.4, 0.5) is 22.7 Å². The molecule has 19 heavy (non-hydrogen) atoms. The van der Waals surface area contributed by atoms with Crippen molar-refractivity contribution in [3.63, 3.8) is 0 Å². The lowest BCUT2D eigenvalue weighted by atomic mass is 10.1. The van der Waals surface area contributed by atoms with Crippen LogP contribution in [0.25, 0.3) is 11.4 Å². The molecule has 0 bridgehead atoms. The van der Waals surface area contributed by atoms with Crippen LogP contribution in [0.1, 0.15) is 12.5 Å². The van der Waals surface area contributed by atoms with Gasteiger partial charge >= 0.3 is 6.18 Å². The number of nitrogens with zero attached hydrogens (tertiary/aromatic N) is 2. The number of alkyl halides is 3. The van der Waals surface area contributed by atoms with Gasteiger partial charge in [0.1, 0.15) is 5.82 Å². The van der Waals surface area contributed by atoms with Crippen molar-refractivity contribution in [1.82, 2.24) is 9.36 Å². The lowest BCUT2D eigenvalue weighted by Crippen LogP contribution is -2.08. The van der Waals surface area contributed by atoms with E-state index in [1.54, 1.807) is 0 Å². The molecule has 2 rings (SSSR count). The van der Waals surface area contributed by atoms with Crippen LogP contribution in [-0.2, 0) is 6.18 Å². The van der Waals surface area contributed by atoms with Gasteiger partial charge in [-0.1, -0.05) is 0 Å². The van der Waals surface area contributed by atoms with Crippen LogP contribution in [0.5, 0.6) is 0 Å². The Bertz CT molecular complexity index is 580. The zero-order valence-electron chi connectivity index (χ0n) is 9.75. The molecule has 0 saturated heterocycles. The number of nitrogens with one attached hydrogen (secondary N) is 1. The van der Waals surface area contributed by atoms with Gasteiger partial charge in [-0.25, -0.2) is 4.39 Å². The summed E-state index contributed by atoms with van der Waals surface area (Å²) < 4.78 is 55.5. The Morgan fingerprint density at radius 3 is 2.68 bits per heavy atom. The molecule has 1 aromatic carbocycles. The fourth-order valence-corrected chi connectivity index (χ4v) is 2.15. The molecule has 0 amide bonds. The number of anilines is 1. The van der Waals surface area contributed by atoms with Gasteiger partial charge in [0.25, 0.3) is 0 Å². The predicted octanol–water partition coefficient (Wildman–Crippen LogP) is 3.79. The molecule has 0 spiro atoms. The average molecular weight is 291 g/mol.